The number of nitro groups is 1. The Morgan fingerprint density at radius 2 is 1.92 bits per heavy atom. The van der Waals surface area contributed by atoms with Crippen LogP contribution >= 0.6 is 23.2 Å². The second-order valence-electron chi connectivity index (χ2n) is 4.71. The molecule has 0 unspecified atom stereocenters. The Labute approximate surface area is 151 Å². The molecule has 0 bridgehead atoms. The number of nitrogens with one attached hydrogen (secondary N) is 1. The van der Waals surface area contributed by atoms with Gasteiger partial charge in [0.15, 0.2) is 0 Å². The maximum Gasteiger partial charge on any atom is 0.373 e. The van der Waals surface area contributed by atoms with Gasteiger partial charge in [-0.25, -0.2) is 4.98 Å². The van der Waals surface area contributed by atoms with Crippen LogP contribution in [0.4, 0.5) is 17.2 Å². The smallest absolute Gasteiger partial charge is 0.373 e. The van der Waals surface area contributed by atoms with E-state index in [1.54, 1.807) is 36.5 Å². The van der Waals surface area contributed by atoms with Gasteiger partial charge in [-0.05, 0) is 30.3 Å². The highest BCUT2D eigenvalue weighted by atomic mass is 35.5. The number of ether oxygens (including phenoxy) is 1. The van der Waals surface area contributed by atoms with Gasteiger partial charge in [-0.2, -0.15) is 4.98 Å². The highest BCUT2D eigenvalue weighted by Gasteiger charge is 2.25. The minimum Gasteiger partial charge on any atom is -0.432 e. The molecular formula is C15H9Cl2N5O3. The summed E-state index contributed by atoms with van der Waals surface area (Å²) in [6.07, 6.45) is 4.11. The number of pyridine rings is 1. The minimum absolute atomic E-state index is 0.0581. The van der Waals surface area contributed by atoms with Crippen LogP contribution in [-0.4, -0.2) is 19.9 Å². The predicted molar refractivity (Wildman–Crippen MR) is 92.7 cm³/mol. The van der Waals surface area contributed by atoms with E-state index < -0.39 is 10.6 Å². The highest BCUT2D eigenvalue weighted by Crippen LogP contribution is 2.36. The molecule has 0 radical (unpaired) electrons. The minimum atomic E-state index is -0.639. The molecule has 0 aliphatic rings. The van der Waals surface area contributed by atoms with Crippen LogP contribution in [0.1, 0.15) is 0 Å². The Hall–Kier alpha value is -2.97. The Kier molecular flexibility index (Phi) is 4.92. The summed E-state index contributed by atoms with van der Waals surface area (Å²) >= 11 is 11.9. The van der Waals surface area contributed by atoms with Crippen LogP contribution in [-0.2, 0) is 0 Å². The second-order valence-corrected chi connectivity index (χ2v) is 5.58. The number of aromatic nitrogens is 3. The fourth-order valence-electron chi connectivity index (χ4n) is 1.98. The van der Waals surface area contributed by atoms with Crippen molar-refractivity contribution < 1.29 is 9.66 Å². The Balaban J connectivity index is 1.99. The fraction of sp³-hybridized carbons (Fsp3) is 0. The molecule has 2 heterocycles. The summed E-state index contributed by atoms with van der Waals surface area (Å²) < 4.78 is 5.45. The van der Waals surface area contributed by atoms with Gasteiger partial charge >= 0.3 is 11.6 Å². The molecule has 1 aromatic carbocycles. The fourth-order valence-corrected chi connectivity index (χ4v) is 2.50. The van der Waals surface area contributed by atoms with Gasteiger partial charge in [-0.3, -0.25) is 15.1 Å². The largest absolute Gasteiger partial charge is 0.432 e. The average molecular weight is 378 g/mol. The van der Waals surface area contributed by atoms with Gasteiger partial charge in [-0.15, -0.1) is 0 Å². The normalized spacial score (nSPS) is 10.3. The van der Waals surface area contributed by atoms with Gasteiger partial charge in [0.25, 0.3) is 0 Å². The molecule has 0 fully saturated rings. The number of benzene rings is 1. The predicted octanol–water partition coefficient (Wildman–Crippen LogP) is 4.62. The standard InChI is InChI=1S/C15H9Cl2N5O3/c16-9-4-10(17)6-11(5-9)21-14-13(22(23)24)15(20-8-19-14)25-12-2-1-3-18-7-12/h1-8H,(H,19,20,21). The van der Waals surface area contributed by atoms with Crippen molar-refractivity contribution in [3.8, 4) is 11.6 Å². The number of anilines is 2. The van der Waals surface area contributed by atoms with E-state index in [2.05, 4.69) is 20.3 Å². The van der Waals surface area contributed by atoms with E-state index in [0.29, 0.717) is 21.5 Å². The zero-order chi connectivity index (χ0) is 17.8. The van der Waals surface area contributed by atoms with Crippen molar-refractivity contribution in [3.05, 3.63) is 69.2 Å². The van der Waals surface area contributed by atoms with Gasteiger partial charge in [0, 0.05) is 21.9 Å². The first kappa shape index (κ1) is 16.9. The molecule has 0 atom stereocenters. The van der Waals surface area contributed by atoms with E-state index in [1.807, 2.05) is 0 Å². The van der Waals surface area contributed by atoms with Crippen LogP contribution in [0, 0.1) is 10.1 Å². The second kappa shape index (κ2) is 7.29. The molecule has 2 aromatic heterocycles. The Morgan fingerprint density at radius 1 is 1.16 bits per heavy atom. The number of halogens is 2. The maximum atomic E-state index is 11.5. The topological polar surface area (TPSA) is 103 Å². The van der Waals surface area contributed by atoms with E-state index in [-0.39, 0.29) is 11.7 Å². The molecule has 0 amide bonds. The molecule has 0 aliphatic carbocycles. The van der Waals surface area contributed by atoms with Gasteiger partial charge in [0.1, 0.15) is 12.1 Å². The Bertz CT molecular complexity index is 904. The third-order valence-corrected chi connectivity index (χ3v) is 3.38. The molecule has 1 N–H and O–H groups in total. The molecule has 10 heteroatoms. The van der Waals surface area contributed by atoms with E-state index in [9.17, 15) is 10.1 Å². The highest BCUT2D eigenvalue weighted by molar-refractivity contribution is 6.35. The summed E-state index contributed by atoms with van der Waals surface area (Å²) in [4.78, 5) is 22.5. The van der Waals surface area contributed by atoms with Crippen LogP contribution in [0.15, 0.2) is 49.1 Å². The van der Waals surface area contributed by atoms with E-state index >= 15 is 0 Å². The van der Waals surface area contributed by atoms with Gasteiger partial charge < -0.3 is 10.1 Å². The molecule has 25 heavy (non-hydrogen) atoms. The summed E-state index contributed by atoms with van der Waals surface area (Å²) in [6, 6.07) is 7.89. The van der Waals surface area contributed by atoms with Crippen LogP contribution in [0.3, 0.4) is 0 Å². The van der Waals surface area contributed by atoms with Crippen molar-refractivity contribution in [3.63, 3.8) is 0 Å². The van der Waals surface area contributed by atoms with E-state index in [4.69, 9.17) is 27.9 Å². The molecule has 3 aromatic rings. The number of hydrogen-bond donors (Lipinski definition) is 1. The number of nitrogens with zero attached hydrogens (tertiary/aromatic N) is 4. The van der Waals surface area contributed by atoms with Crippen LogP contribution in [0.5, 0.6) is 11.6 Å². The number of hydrogen-bond acceptors (Lipinski definition) is 7. The zero-order valence-electron chi connectivity index (χ0n) is 12.4. The van der Waals surface area contributed by atoms with Crippen molar-refractivity contribution >= 4 is 40.4 Å². The molecule has 0 aliphatic heterocycles. The van der Waals surface area contributed by atoms with Crippen molar-refractivity contribution in [2.24, 2.45) is 0 Å². The van der Waals surface area contributed by atoms with Crippen molar-refractivity contribution in [2.45, 2.75) is 0 Å². The number of rotatable bonds is 5. The van der Waals surface area contributed by atoms with Gasteiger partial charge in [0.05, 0.1) is 11.1 Å². The van der Waals surface area contributed by atoms with E-state index in [0.717, 1.165) is 6.33 Å². The molecule has 0 saturated carbocycles. The lowest BCUT2D eigenvalue weighted by Crippen LogP contribution is -2.03. The maximum absolute atomic E-state index is 11.5. The van der Waals surface area contributed by atoms with Crippen molar-refractivity contribution in [1.29, 1.82) is 0 Å². The van der Waals surface area contributed by atoms with Crippen molar-refractivity contribution in [1.82, 2.24) is 15.0 Å². The van der Waals surface area contributed by atoms with E-state index in [1.165, 1.54) is 6.20 Å². The lowest BCUT2D eigenvalue weighted by atomic mass is 10.3. The molecule has 0 spiro atoms. The molecular weight excluding hydrogens is 369 g/mol. The summed E-state index contributed by atoms with van der Waals surface area (Å²) in [6.45, 7) is 0. The lowest BCUT2D eigenvalue weighted by Gasteiger charge is -2.09. The lowest BCUT2D eigenvalue weighted by molar-refractivity contribution is -0.385. The first-order chi connectivity index (χ1) is 12.0. The molecule has 8 nitrogen and oxygen atoms in total. The van der Waals surface area contributed by atoms with Crippen LogP contribution in [0.25, 0.3) is 0 Å². The third kappa shape index (κ3) is 4.11. The van der Waals surface area contributed by atoms with Crippen LogP contribution < -0.4 is 10.1 Å². The zero-order valence-corrected chi connectivity index (χ0v) is 13.9. The molecule has 0 saturated heterocycles. The molecule has 126 valence electrons. The van der Waals surface area contributed by atoms with Gasteiger partial charge in [0.2, 0.25) is 5.82 Å². The third-order valence-electron chi connectivity index (χ3n) is 2.95. The van der Waals surface area contributed by atoms with Crippen LogP contribution in [0.2, 0.25) is 10.0 Å². The average Bonchev–Trinajstić information content (AvgIpc) is 2.54. The quantitative estimate of drug-likeness (QED) is 0.510. The SMILES string of the molecule is O=[N+]([O-])c1c(Nc2cc(Cl)cc(Cl)c2)ncnc1Oc1cccnc1. The monoisotopic (exact) mass is 377 g/mol. The summed E-state index contributed by atoms with van der Waals surface area (Å²) in [5.74, 6) is 0.0295. The first-order valence-electron chi connectivity index (χ1n) is 6.83. The molecule has 3 rings (SSSR count). The first-order valence-corrected chi connectivity index (χ1v) is 7.59. The summed E-state index contributed by atoms with van der Waals surface area (Å²) in [5, 5.41) is 15.0. The summed E-state index contributed by atoms with van der Waals surface area (Å²) in [5.41, 5.74) is 0.00841. The van der Waals surface area contributed by atoms with Crippen molar-refractivity contribution in [2.75, 3.05) is 5.32 Å². The Morgan fingerprint density at radius 3 is 2.56 bits per heavy atom. The van der Waals surface area contributed by atoms with Gasteiger partial charge in [-0.1, -0.05) is 23.2 Å². The summed E-state index contributed by atoms with van der Waals surface area (Å²) in [7, 11) is 0.